The molecule has 0 aliphatic heterocycles. The maximum atomic E-state index is 5.92. The maximum absolute atomic E-state index is 5.92. The molecule has 0 aliphatic rings. The number of thiophene rings is 1. The van der Waals surface area contributed by atoms with Crippen LogP contribution in [-0.2, 0) is 7.05 Å². The van der Waals surface area contributed by atoms with E-state index in [1.54, 1.807) is 10.7 Å². The Balaban J connectivity index is 1.90. The van der Waals surface area contributed by atoms with Crippen LogP contribution in [0.25, 0.3) is 11.4 Å². The second kappa shape index (κ2) is 6.61. The standard InChI is InChI=1S/C14H11ClN4O2S2/c1-8-6-9(19(2)18-8)13-10(7-11(15)16-17-13)20-14(22)21-12-4-3-5-23-12/h3-7H,1-2H3. The molecule has 0 spiro atoms. The molecule has 9 heteroatoms. The normalized spacial score (nSPS) is 10.6. The molecule has 6 nitrogen and oxygen atoms in total. The first-order chi connectivity index (χ1) is 11.0. The molecule has 0 bridgehead atoms. The molecule has 3 aromatic heterocycles. The summed E-state index contributed by atoms with van der Waals surface area (Å²) in [5.41, 5.74) is 2.07. The highest BCUT2D eigenvalue weighted by molar-refractivity contribution is 7.79. The lowest BCUT2D eigenvalue weighted by Gasteiger charge is -2.10. The molecule has 0 saturated heterocycles. The first-order valence-corrected chi connectivity index (χ1v) is 8.17. The van der Waals surface area contributed by atoms with Crippen molar-refractivity contribution in [3.8, 4) is 22.2 Å². The maximum Gasteiger partial charge on any atom is 0.364 e. The van der Waals surface area contributed by atoms with Crippen LogP contribution in [0.15, 0.2) is 29.6 Å². The predicted molar refractivity (Wildman–Crippen MR) is 92.2 cm³/mol. The average molecular weight is 367 g/mol. The molecule has 0 radical (unpaired) electrons. The second-order valence-electron chi connectivity index (χ2n) is 4.56. The zero-order valence-corrected chi connectivity index (χ0v) is 14.6. The van der Waals surface area contributed by atoms with Gasteiger partial charge in [0.1, 0.15) is 0 Å². The van der Waals surface area contributed by atoms with Gasteiger partial charge in [0, 0.05) is 25.3 Å². The number of hydrogen-bond donors (Lipinski definition) is 0. The van der Waals surface area contributed by atoms with Crippen molar-refractivity contribution in [1.82, 2.24) is 20.0 Å². The summed E-state index contributed by atoms with van der Waals surface area (Å²) in [6.45, 7) is 1.89. The Hall–Kier alpha value is -2.03. The molecule has 0 saturated carbocycles. The van der Waals surface area contributed by atoms with Gasteiger partial charge >= 0.3 is 5.24 Å². The van der Waals surface area contributed by atoms with Gasteiger partial charge in [-0.25, -0.2) is 0 Å². The lowest BCUT2D eigenvalue weighted by atomic mass is 10.2. The van der Waals surface area contributed by atoms with Gasteiger partial charge in [0.15, 0.2) is 21.7 Å². The predicted octanol–water partition coefficient (Wildman–Crippen LogP) is 3.64. The van der Waals surface area contributed by atoms with E-state index in [2.05, 4.69) is 15.3 Å². The Morgan fingerprint density at radius 1 is 1.30 bits per heavy atom. The Morgan fingerprint density at radius 3 is 2.78 bits per heavy atom. The summed E-state index contributed by atoms with van der Waals surface area (Å²) in [6.07, 6.45) is 0. The average Bonchev–Trinajstić information content (AvgIpc) is 3.09. The van der Waals surface area contributed by atoms with Crippen LogP contribution in [0.3, 0.4) is 0 Å². The quantitative estimate of drug-likeness (QED) is 0.659. The van der Waals surface area contributed by atoms with Gasteiger partial charge in [-0.1, -0.05) is 11.6 Å². The molecule has 0 fully saturated rings. The van der Waals surface area contributed by atoms with E-state index in [0.717, 1.165) is 11.4 Å². The van der Waals surface area contributed by atoms with Gasteiger partial charge < -0.3 is 9.47 Å². The number of hydrogen-bond acceptors (Lipinski definition) is 7. The van der Waals surface area contributed by atoms with Crippen LogP contribution in [0.2, 0.25) is 5.15 Å². The highest BCUT2D eigenvalue weighted by Crippen LogP contribution is 2.30. The highest BCUT2D eigenvalue weighted by Gasteiger charge is 2.17. The minimum Gasteiger partial charge on any atom is -0.415 e. The van der Waals surface area contributed by atoms with Crippen LogP contribution in [-0.4, -0.2) is 25.2 Å². The van der Waals surface area contributed by atoms with Crippen molar-refractivity contribution < 1.29 is 9.47 Å². The Bertz CT molecular complexity index is 849. The molecule has 0 aromatic carbocycles. The molecule has 0 N–H and O–H groups in total. The molecule has 3 aromatic rings. The largest absolute Gasteiger partial charge is 0.415 e. The summed E-state index contributed by atoms with van der Waals surface area (Å²) in [5, 5.41) is 14.9. The lowest BCUT2D eigenvalue weighted by Crippen LogP contribution is -2.14. The molecule has 0 amide bonds. The molecule has 3 heterocycles. The van der Waals surface area contributed by atoms with Crippen molar-refractivity contribution in [1.29, 1.82) is 0 Å². The number of aryl methyl sites for hydroxylation is 2. The van der Waals surface area contributed by atoms with E-state index in [1.807, 2.05) is 31.5 Å². The number of thiocarbonyl (C=S) groups is 1. The fraction of sp³-hybridized carbons (Fsp3) is 0.143. The summed E-state index contributed by atoms with van der Waals surface area (Å²) in [7, 11) is 1.81. The Morgan fingerprint density at radius 2 is 2.13 bits per heavy atom. The van der Waals surface area contributed by atoms with Crippen LogP contribution in [0, 0.1) is 6.92 Å². The van der Waals surface area contributed by atoms with E-state index in [0.29, 0.717) is 16.5 Å². The summed E-state index contributed by atoms with van der Waals surface area (Å²) in [5.74, 6) is 0.356. The Kier molecular flexibility index (Phi) is 4.56. The van der Waals surface area contributed by atoms with Crippen molar-refractivity contribution >= 4 is 40.4 Å². The van der Waals surface area contributed by atoms with E-state index >= 15 is 0 Å². The van der Waals surface area contributed by atoms with Gasteiger partial charge in [0.25, 0.3) is 0 Å². The minimum absolute atomic E-state index is 0.0448. The van der Waals surface area contributed by atoms with Gasteiger partial charge in [0.2, 0.25) is 0 Å². The van der Waals surface area contributed by atoms with E-state index in [9.17, 15) is 0 Å². The number of aromatic nitrogens is 4. The third kappa shape index (κ3) is 3.66. The first kappa shape index (κ1) is 15.9. The van der Waals surface area contributed by atoms with Crippen molar-refractivity contribution in [2.24, 2.45) is 7.05 Å². The van der Waals surface area contributed by atoms with Gasteiger partial charge in [-0.15, -0.1) is 21.5 Å². The van der Waals surface area contributed by atoms with Gasteiger partial charge in [-0.3, -0.25) is 4.68 Å². The van der Waals surface area contributed by atoms with Crippen molar-refractivity contribution in [2.45, 2.75) is 6.92 Å². The van der Waals surface area contributed by atoms with Crippen molar-refractivity contribution in [2.75, 3.05) is 0 Å². The molecule has 0 aliphatic carbocycles. The minimum atomic E-state index is -0.0448. The smallest absolute Gasteiger partial charge is 0.364 e. The molecule has 0 atom stereocenters. The second-order valence-corrected chi connectivity index (χ2v) is 6.19. The van der Waals surface area contributed by atoms with Crippen LogP contribution < -0.4 is 9.47 Å². The van der Waals surface area contributed by atoms with Crippen LogP contribution in [0.4, 0.5) is 0 Å². The summed E-state index contributed by atoms with van der Waals surface area (Å²) < 4.78 is 12.7. The number of ether oxygens (including phenoxy) is 2. The molecule has 118 valence electrons. The number of halogens is 1. The van der Waals surface area contributed by atoms with Gasteiger partial charge in [-0.2, -0.15) is 5.10 Å². The van der Waals surface area contributed by atoms with Gasteiger partial charge in [-0.05, 0) is 30.5 Å². The molecule has 3 rings (SSSR count). The van der Waals surface area contributed by atoms with E-state index in [4.69, 9.17) is 33.3 Å². The van der Waals surface area contributed by atoms with Crippen LogP contribution in [0.5, 0.6) is 10.8 Å². The van der Waals surface area contributed by atoms with Crippen molar-refractivity contribution in [3.63, 3.8) is 0 Å². The fourth-order valence-electron chi connectivity index (χ4n) is 1.95. The molecule has 0 unspecified atom stereocenters. The third-order valence-electron chi connectivity index (χ3n) is 2.85. The topological polar surface area (TPSA) is 62.1 Å². The number of rotatable bonds is 3. The fourth-order valence-corrected chi connectivity index (χ4v) is 2.90. The van der Waals surface area contributed by atoms with E-state index in [-0.39, 0.29) is 10.4 Å². The monoisotopic (exact) mass is 366 g/mol. The van der Waals surface area contributed by atoms with E-state index < -0.39 is 0 Å². The van der Waals surface area contributed by atoms with E-state index in [1.165, 1.54) is 17.4 Å². The molecular formula is C14H11ClN4O2S2. The third-order valence-corrected chi connectivity index (χ3v) is 3.94. The number of nitrogens with zero attached hydrogens (tertiary/aromatic N) is 4. The first-order valence-electron chi connectivity index (χ1n) is 6.50. The zero-order valence-electron chi connectivity index (χ0n) is 12.2. The van der Waals surface area contributed by atoms with Crippen molar-refractivity contribution in [3.05, 3.63) is 40.5 Å². The summed E-state index contributed by atoms with van der Waals surface area (Å²) in [6, 6.07) is 7.06. The van der Waals surface area contributed by atoms with Crippen LogP contribution >= 0.6 is 35.2 Å². The van der Waals surface area contributed by atoms with Gasteiger partial charge in [0.05, 0.1) is 11.4 Å². The molecule has 23 heavy (non-hydrogen) atoms. The highest BCUT2D eigenvalue weighted by atomic mass is 35.5. The summed E-state index contributed by atoms with van der Waals surface area (Å²) >= 11 is 12.5. The SMILES string of the molecule is Cc1cc(-c2nnc(Cl)cc2OC(=S)Oc2cccs2)n(C)n1. The Labute approximate surface area is 146 Å². The lowest BCUT2D eigenvalue weighted by molar-refractivity contribution is 0.409. The van der Waals surface area contributed by atoms with Crippen LogP contribution in [0.1, 0.15) is 5.69 Å². The summed E-state index contributed by atoms with van der Waals surface area (Å²) in [4.78, 5) is 0. The molecular weight excluding hydrogens is 356 g/mol. The zero-order chi connectivity index (χ0) is 16.4.